The second-order valence-electron chi connectivity index (χ2n) is 7.34. The highest BCUT2D eigenvalue weighted by Crippen LogP contribution is 2.36. The van der Waals surface area contributed by atoms with Gasteiger partial charge in [-0.1, -0.05) is 69.1 Å². The van der Waals surface area contributed by atoms with Crippen LogP contribution < -0.4 is 9.47 Å². The van der Waals surface area contributed by atoms with Gasteiger partial charge in [0, 0.05) is 0 Å². The van der Waals surface area contributed by atoms with E-state index < -0.39 is 24.5 Å². The molecule has 2 N–H and O–H groups in total. The zero-order valence-corrected chi connectivity index (χ0v) is 20.2. The lowest BCUT2D eigenvalue weighted by atomic mass is 10.1. The van der Waals surface area contributed by atoms with Crippen molar-refractivity contribution in [2.75, 3.05) is 19.8 Å². The molecule has 1 atom stereocenters. The molecule has 1 fully saturated rings. The van der Waals surface area contributed by atoms with Crippen molar-refractivity contribution in [3.05, 3.63) is 28.7 Å². The van der Waals surface area contributed by atoms with Crippen LogP contribution in [0.5, 0.6) is 11.5 Å². The van der Waals surface area contributed by atoms with Crippen LogP contribution in [-0.4, -0.2) is 57.2 Å². The zero-order chi connectivity index (χ0) is 23.5. The second-order valence-corrected chi connectivity index (χ2v) is 9.02. The van der Waals surface area contributed by atoms with Crippen molar-refractivity contribution in [2.24, 2.45) is 0 Å². The number of carboxylic acid groups (broad SMARTS) is 1. The molecule has 0 bridgehead atoms. The molecule has 0 saturated carbocycles. The van der Waals surface area contributed by atoms with Crippen molar-refractivity contribution in [1.82, 2.24) is 4.90 Å². The number of hydrogen-bond donors (Lipinski definition) is 2. The monoisotopic (exact) mass is 481 g/mol. The van der Waals surface area contributed by atoms with Crippen molar-refractivity contribution in [3.63, 3.8) is 0 Å². The van der Waals surface area contributed by atoms with Gasteiger partial charge in [-0.05, 0) is 37.1 Å². The number of rotatable bonds is 14. The van der Waals surface area contributed by atoms with Gasteiger partial charge in [-0.3, -0.25) is 9.69 Å². The smallest absolute Gasteiger partial charge is 0.329 e. The number of aliphatic hydroxyl groups excluding tert-OH is 1. The molecule has 1 aliphatic rings. The van der Waals surface area contributed by atoms with Crippen molar-refractivity contribution < 1.29 is 29.3 Å². The van der Waals surface area contributed by atoms with E-state index in [1.54, 1.807) is 12.1 Å². The third-order valence-electron chi connectivity index (χ3n) is 4.91. The summed E-state index contributed by atoms with van der Waals surface area (Å²) in [5, 5.41) is 18.6. The van der Waals surface area contributed by atoms with E-state index in [4.69, 9.17) is 21.7 Å². The average Bonchev–Trinajstić information content (AvgIpc) is 3.03. The van der Waals surface area contributed by atoms with E-state index in [0.29, 0.717) is 30.3 Å². The minimum absolute atomic E-state index is 0.103. The molecule has 1 amide bonds. The largest absolute Gasteiger partial charge is 0.490 e. The van der Waals surface area contributed by atoms with Crippen LogP contribution in [0.4, 0.5) is 0 Å². The normalized spacial score (nSPS) is 16.0. The third-order valence-corrected chi connectivity index (χ3v) is 6.24. The summed E-state index contributed by atoms with van der Waals surface area (Å²) >= 11 is 6.17. The molecule has 1 aromatic carbocycles. The number of carbonyl (C=O) groups excluding carboxylic acids is 1. The Labute approximate surface area is 198 Å². The molecule has 0 unspecified atom stereocenters. The number of unbranched alkanes of at least 4 members (excludes halogenated alkanes) is 5. The van der Waals surface area contributed by atoms with Crippen LogP contribution in [0.3, 0.4) is 0 Å². The van der Waals surface area contributed by atoms with E-state index in [1.165, 1.54) is 25.7 Å². The maximum absolute atomic E-state index is 12.7. The number of thioether (sulfide) groups is 1. The average molecular weight is 482 g/mol. The lowest BCUT2D eigenvalue weighted by Crippen LogP contribution is -2.46. The van der Waals surface area contributed by atoms with Gasteiger partial charge in [0.1, 0.15) is 4.32 Å². The predicted octanol–water partition coefficient (Wildman–Crippen LogP) is 4.47. The molecule has 176 valence electrons. The molecule has 0 spiro atoms. The molecule has 0 aliphatic carbocycles. The number of carboxylic acids is 1. The van der Waals surface area contributed by atoms with Gasteiger partial charge in [0.25, 0.3) is 5.91 Å². The maximum atomic E-state index is 12.7. The number of aliphatic hydroxyl groups is 1. The van der Waals surface area contributed by atoms with Gasteiger partial charge in [0.2, 0.25) is 0 Å². The van der Waals surface area contributed by atoms with Crippen LogP contribution in [0.25, 0.3) is 6.08 Å². The third kappa shape index (κ3) is 7.21. The lowest BCUT2D eigenvalue weighted by Gasteiger charge is -2.20. The van der Waals surface area contributed by atoms with Crippen LogP contribution in [0.2, 0.25) is 0 Å². The van der Waals surface area contributed by atoms with E-state index >= 15 is 0 Å². The molecule has 32 heavy (non-hydrogen) atoms. The summed E-state index contributed by atoms with van der Waals surface area (Å²) in [5.41, 5.74) is 0.705. The van der Waals surface area contributed by atoms with Gasteiger partial charge in [-0.2, -0.15) is 0 Å². The Morgan fingerprint density at radius 1 is 1.16 bits per heavy atom. The zero-order valence-electron chi connectivity index (χ0n) is 18.5. The highest BCUT2D eigenvalue weighted by Gasteiger charge is 2.40. The Morgan fingerprint density at radius 3 is 2.53 bits per heavy atom. The Hall–Kier alpha value is -2.10. The van der Waals surface area contributed by atoms with Gasteiger partial charge in [0.15, 0.2) is 17.5 Å². The van der Waals surface area contributed by atoms with Crippen LogP contribution in [0.15, 0.2) is 23.1 Å². The molecule has 1 aromatic rings. The first kappa shape index (κ1) is 26.2. The summed E-state index contributed by atoms with van der Waals surface area (Å²) in [6.45, 7) is 4.45. The molecule has 2 rings (SSSR count). The van der Waals surface area contributed by atoms with E-state index in [2.05, 4.69) is 6.92 Å². The topological polar surface area (TPSA) is 96.3 Å². The summed E-state index contributed by atoms with van der Waals surface area (Å²) in [6, 6.07) is 4.01. The molecular weight excluding hydrogens is 450 g/mol. The highest BCUT2D eigenvalue weighted by molar-refractivity contribution is 8.26. The second kappa shape index (κ2) is 13.4. The summed E-state index contributed by atoms with van der Waals surface area (Å²) in [5.74, 6) is -0.615. The fourth-order valence-corrected chi connectivity index (χ4v) is 4.59. The molecule has 0 aromatic heterocycles. The first-order valence-electron chi connectivity index (χ1n) is 10.9. The summed E-state index contributed by atoms with van der Waals surface area (Å²) in [7, 11) is 0. The minimum atomic E-state index is -1.40. The van der Waals surface area contributed by atoms with E-state index in [9.17, 15) is 19.8 Å². The fourth-order valence-electron chi connectivity index (χ4n) is 3.24. The number of aliphatic carboxylic acids is 1. The summed E-state index contributed by atoms with van der Waals surface area (Å²) in [4.78, 5) is 25.2. The molecule has 1 heterocycles. The van der Waals surface area contributed by atoms with Crippen LogP contribution in [0, 0.1) is 0 Å². The van der Waals surface area contributed by atoms with Gasteiger partial charge in [0.05, 0.1) is 24.7 Å². The predicted molar refractivity (Wildman–Crippen MR) is 130 cm³/mol. The van der Waals surface area contributed by atoms with Gasteiger partial charge in [-0.25, -0.2) is 4.79 Å². The molecular formula is C23H31NO6S2. The first-order chi connectivity index (χ1) is 15.4. The van der Waals surface area contributed by atoms with Gasteiger partial charge in [-0.15, -0.1) is 0 Å². The first-order valence-corrected chi connectivity index (χ1v) is 12.2. The van der Waals surface area contributed by atoms with Crippen molar-refractivity contribution in [2.45, 2.75) is 58.4 Å². The van der Waals surface area contributed by atoms with E-state index in [1.807, 2.05) is 19.1 Å². The number of carbonyl (C=O) groups is 2. The van der Waals surface area contributed by atoms with Crippen LogP contribution in [-0.2, 0) is 9.59 Å². The maximum Gasteiger partial charge on any atom is 0.329 e. The Morgan fingerprint density at radius 2 is 1.88 bits per heavy atom. The molecule has 7 nitrogen and oxygen atoms in total. The molecule has 1 saturated heterocycles. The fraction of sp³-hybridized carbons (Fsp3) is 0.522. The molecule has 1 aliphatic heterocycles. The van der Waals surface area contributed by atoms with Crippen molar-refractivity contribution >= 4 is 46.3 Å². The quantitative estimate of drug-likeness (QED) is 0.228. The number of ether oxygens (including phenoxy) is 2. The number of benzene rings is 1. The SMILES string of the molecule is CCCCCCCCOc1ccc(/C=C2/SC(=S)N([C@H](CO)C(=O)O)C2=O)cc1OCC. The Balaban J connectivity index is 2.08. The minimum Gasteiger partial charge on any atom is -0.490 e. The molecule has 0 radical (unpaired) electrons. The number of hydrogen-bond acceptors (Lipinski definition) is 7. The Kier molecular flexibility index (Phi) is 11.0. The number of amides is 1. The number of thiocarbonyl (C=S) groups is 1. The summed E-state index contributed by atoms with van der Waals surface area (Å²) in [6.07, 6.45) is 8.72. The van der Waals surface area contributed by atoms with Crippen LogP contribution >= 0.6 is 24.0 Å². The highest BCUT2D eigenvalue weighted by atomic mass is 32.2. The van der Waals surface area contributed by atoms with Gasteiger partial charge >= 0.3 is 5.97 Å². The van der Waals surface area contributed by atoms with E-state index in [0.717, 1.165) is 29.5 Å². The summed E-state index contributed by atoms with van der Waals surface area (Å²) < 4.78 is 11.7. The lowest BCUT2D eigenvalue weighted by molar-refractivity contribution is -0.146. The van der Waals surface area contributed by atoms with E-state index in [-0.39, 0.29) is 9.23 Å². The Bertz CT molecular complexity index is 842. The van der Waals surface area contributed by atoms with Crippen molar-refractivity contribution in [3.8, 4) is 11.5 Å². The molecule has 9 heteroatoms. The standard InChI is InChI=1S/C23H31NO6S2/c1-3-5-6-7-8-9-12-30-18-11-10-16(13-19(18)29-4-2)14-20-21(26)24(23(31)32-20)17(15-25)22(27)28/h10-11,13-14,17,25H,3-9,12,15H2,1-2H3,(H,27,28)/b20-14+/t17-/m1/s1. The van der Waals surface area contributed by atoms with Crippen molar-refractivity contribution in [1.29, 1.82) is 0 Å². The van der Waals surface area contributed by atoms with Gasteiger partial charge < -0.3 is 19.7 Å². The number of nitrogens with zero attached hydrogens (tertiary/aromatic N) is 1. The van der Waals surface area contributed by atoms with Crippen LogP contribution in [0.1, 0.15) is 57.9 Å².